The number of para-hydroxylation sites is 1. The van der Waals surface area contributed by atoms with Crippen molar-refractivity contribution < 1.29 is 4.42 Å². The average Bonchev–Trinajstić information content (AvgIpc) is 3.16. The highest BCUT2D eigenvalue weighted by atomic mass is 16.3. The van der Waals surface area contributed by atoms with E-state index in [1.54, 1.807) is 6.20 Å². The topological polar surface area (TPSA) is 43.9 Å². The molecule has 0 N–H and O–H groups in total. The van der Waals surface area contributed by atoms with Crippen molar-refractivity contribution in [3.05, 3.63) is 72.6 Å². The minimum absolute atomic E-state index is 0.674. The van der Waals surface area contributed by atoms with Crippen molar-refractivity contribution in [2.75, 3.05) is 0 Å². The second-order valence-electron chi connectivity index (χ2n) is 4.91. The Balaban J connectivity index is 1.80. The first-order valence-electron chi connectivity index (χ1n) is 6.81. The standard InChI is InChI=1S/C17H13N3O/c1-3-7-15(14(6-1)12-20-10-9-18-19-20)17-11-13-5-2-4-8-16(13)21-17/h1-11H,12H2. The van der Waals surface area contributed by atoms with E-state index in [0.29, 0.717) is 6.54 Å². The molecule has 0 aliphatic rings. The highest BCUT2D eigenvalue weighted by molar-refractivity contribution is 5.83. The molecule has 0 fully saturated rings. The molecule has 0 saturated carbocycles. The second-order valence-corrected chi connectivity index (χ2v) is 4.91. The first-order chi connectivity index (χ1) is 10.4. The zero-order chi connectivity index (χ0) is 14.1. The molecule has 0 aliphatic heterocycles. The Morgan fingerprint density at radius 3 is 2.71 bits per heavy atom. The first kappa shape index (κ1) is 11.9. The highest BCUT2D eigenvalue weighted by Crippen LogP contribution is 2.30. The number of rotatable bonds is 3. The van der Waals surface area contributed by atoms with Gasteiger partial charge in [-0.2, -0.15) is 0 Å². The molecule has 2 heterocycles. The van der Waals surface area contributed by atoms with Crippen LogP contribution >= 0.6 is 0 Å². The van der Waals surface area contributed by atoms with E-state index in [1.807, 2.05) is 41.2 Å². The second kappa shape index (κ2) is 4.90. The molecular formula is C17H13N3O. The molecule has 0 amide bonds. The zero-order valence-corrected chi connectivity index (χ0v) is 11.3. The molecule has 2 aromatic heterocycles. The lowest BCUT2D eigenvalue weighted by Gasteiger charge is -2.06. The lowest BCUT2D eigenvalue weighted by Crippen LogP contribution is -2.01. The van der Waals surface area contributed by atoms with Crippen LogP contribution in [-0.4, -0.2) is 15.0 Å². The van der Waals surface area contributed by atoms with Crippen LogP contribution in [0.4, 0.5) is 0 Å². The highest BCUT2D eigenvalue weighted by Gasteiger charge is 2.10. The van der Waals surface area contributed by atoms with E-state index in [-0.39, 0.29) is 0 Å². The van der Waals surface area contributed by atoms with Gasteiger partial charge in [0, 0.05) is 17.1 Å². The molecule has 4 rings (SSSR count). The van der Waals surface area contributed by atoms with Crippen LogP contribution in [0.25, 0.3) is 22.3 Å². The molecule has 4 heteroatoms. The van der Waals surface area contributed by atoms with Crippen LogP contribution < -0.4 is 0 Å². The Kier molecular flexibility index (Phi) is 2.78. The fraction of sp³-hybridized carbons (Fsp3) is 0.0588. The van der Waals surface area contributed by atoms with E-state index in [9.17, 15) is 0 Å². The summed E-state index contributed by atoms with van der Waals surface area (Å²) in [6.07, 6.45) is 3.54. The number of nitrogens with zero attached hydrogens (tertiary/aromatic N) is 3. The molecule has 0 bridgehead atoms. The van der Waals surface area contributed by atoms with Crippen molar-refractivity contribution in [2.45, 2.75) is 6.54 Å². The Hall–Kier alpha value is -2.88. The predicted molar refractivity (Wildman–Crippen MR) is 80.8 cm³/mol. The third kappa shape index (κ3) is 2.21. The Bertz CT molecular complexity index is 845. The predicted octanol–water partition coefficient (Wildman–Crippen LogP) is 3.74. The average molecular weight is 275 g/mol. The maximum absolute atomic E-state index is 5.97. The van der Waals surface area contributed by atoms with Gasteiger partial charge in [0.1, 0.15) is 11.3 Å². The van der Waals surface area contributed by atoms with Gasteiger partial charge < -0.3 is 4.42 Å². The van der Waals surface area contributed by atoms with Crippen molar-refractivity contribution in [1.82, 2.24) is 15.0 Å². The number of fused-ring (bicyclic) bond motifs is 1. The quantitative estimate of drug-likeness (QED) is 0.572. The Morgan fingerprint density at radius 1 is 1.00 bits per heavy atom. The molecule has 102 valence electrons. The van der Waals surface area contributed by atoms with Gasteiger partial charge in [-0.1, -0.05) is 47.7 Å². The third-order valence-electron chi connectivity index (χ3n) is 3.51. The van der Waals surface area contributed by atoms with Gasteiger partial charge >= 0.3 is 0 Å². The van der Waals surface area contributed by atoms with Crippen LogP contribution in [-0.2, 0) is 6.54 Å². The summed E-state index contributed by atoms with van der Waals surface area (Å²) < 4.78 is 7.78. The van der Waals surface area contributed by atoms with Gasteiger partial charge in [0.2, 0.25) is 0 Å². The van der Waals surface area contributed by atoms with Gasteiger partial charge in [-0.25, -0.2) is 4.68 Å². The molecule has 0 saturated heterocycles. The molecule has 0 radical (unpaired) electrons. The lowest BCUT2D eigenvalue weighted by atomic mass is 10.1. The van der Waals surface area contributed by atoms with E-state index >= 15 is 0 Å². The molecule has 4 nitrogen and oxygen atoms in total. The molecule has 0 atom stereocenters. The molecule has 4 aromatic rings. The number of aromatic nitrogens is 3. The fourth-order valence-electron chi connectivity index (χ4n) is 2.50. The van der Waals surface area contributed by atoms with Crippen LogP contribution in [0.1, 0.15) is 5.56 Å². The van der Waals surface area contributed by atoms with Crippen LogP contribution in [0.5, 0.6) is 0 Å². The normalized spacial score (nSPS) is 11.0. The summed E-state index contributed by atoms with van der Waals surface area (Å²) >= 11 is 0. The maximum atomic E-state index is 5.97. The SMILES string of the molecule is c1ccc(-c2cc3ccccc3o2)c(Cn2ccnn2)c1. The summed E-state index contributed by atoms with van der Waals surface area (Å²) in [4.78, 5) is 0. The van der Waals surface area contributed by atoms with Crippen molar-refractivity contribution in [3.8, 4) is 11.3 Å². The van der Waals surface area contributed by atoms with Gasteiger partial charge in [-0.05, 0) is 17.7 Å². The Labute approximate surface area is 121 Å². The van der Waals surface area contributed by atoms with Gasteiger partial charge in [0.15, 0.2) is 0 Å². The summed E-state index contributed by atoms with van der Waals surface area (Å²) in [5.74, 6) is 0.881. The molecule has 0 unspecified atom stereocenters. The summed E-state index contributed by atoms with van der Waals surface area (Å²) in [5.41, 5.74) is 3.15. The number of benzene rings is 2. The molecule has 0 spiro atoms. The largest absolute Gasteiger partial charge is 0.456 e. The van der Waals surface area contributed by atoms with Crippen molar-refractivity contribution in [3.63, 3.8) is 0 Å². The van der Waals surface area contributed by atoms with E-state index in [1.165, 1.54) is 0 Å². The number of hydrogen-bond acceptors (Lipinski definition) is 3. The van der Waals surface area contributed by atoms with Crippen molar-refractivity contribution in [2.24, 2.45) is 0 Å². The molecular weight excluding hydrogens is 262 g/mol. The summed E-state index contributed by atoms with van der Waals surface area (Å²) in [6.45, 7) is 0.674. The van der Waals surface area contributed by atoms with Gasteiger partial charge in [0.05, 0.1) is 12.7 Å². The van der Waals surface area contributed by atoms with Crippen molar-refractivity contribution in [1.29, 1.82) is 0 Å². The molecule has 0 aliphatic carbocycles. The van der Waals surface area contributed by atoms with E-state index in [4.69, 9.17) is 4.42 Å². The van der Waals surface area contributed by atoms with E-state index in [0.717, 1.165) is 27.9 Å². The molecule has 2 aromatic carbocycles. The van der Waals surface area contributed by atoms with E-state index in [2.05, 4.69) is 34.6 Å². The van der Waals surface area contributed by atoms with Crippen LogP contribution in [0.2, 0.25) is 0 Å². The fourth-order valence-corrected chi connectivity index (χ4v) is 2.50. The number of hydrogen-bond donors (Lipinski definition) is 0. The van der Waals surface area contributed by atoms with Crippen LogP contribution in [0.3, 0.4) is 0 Å². The number of furan rings is 1. The monoisotopic (exact) mass is 275 g/mol. The summed E-state index contributed by atoms with van der Waals surface area (Å²) in [5, 5.41) is 8.98. The lowest BCUT2D eigenvalue weighted by molar-refractivity contribution is 0.623. The minimum atomic E-state index is 0.674. The minimum Gasteiger partial charge on any atom is -0.456 e. The summed E-state index contributed by atoms with van der Waals surface area (Å²) in [6, 6.07) is 18.3. The van der Waals surface area contributed by atoms with Gasteiger partial charge in [-0.3, -0.25) is 0 Å². The van der Waals surface area contributed by atoms with Crippen LogP contribution in [0, 0.1) is 0 Å². The first-order valence-corrected chi connectivity index (χ1v) is 6.81. The summed E-state index contributed by atoms with van der Waals surface area (Å²) in [7, 11) is 0. The molecule has 21 heavy (non-hydrogen) atoms. The third-order valence-corrected chi connectivity index (χ3v) is 3.51. The van der Waals surface area contributed by atoms with Crippen LogP contribution in [0.15, 0.2) is 71.4 Å². The van der Waals surface area contributed by atoms with Gasteiger partial charge in [0.25, 0.3) is 0 Å². The maximum Gasteiger partial charge on any atom is 0.135 e. The smallest absolute Gasteiger partial charge is 0.135 e. The van der Waals surface area contributed by atoms with Gasteiger partial charge in [-0.15, -0.1) is 5.10 Å². The zero-order valence-electron chi connectivity index (χ0n) is 11.3. The van der Waals surface area contributed by atoms with E-state index < -0.39 is 0 Å². The van der Waals surface area contributed by atoms with Crippen molar-refractivity contribution >= 4 is 11.0 Å². The Morgan fingerprint density at radius 2 is 1.86 bits per heavy atom.